The predicted molar refractivity (Wildman–Crippen MR) is 119 cm³/mol. The first kappa shape index (κ1) is 21.9. The van der Waals surface area contributed by atoms with Crippen molar-refractivity contribution in [3.63, 3.8) is 0 Å². The maximum atomic E-state index is 11.7. The van der Waals surface area contributed by atoms with Crippen molar-refractivity contribution in [3.05, 3.63) is 90.1 Å². The third-order valence-electron chi connectivity index (χ3n) is 4.92. The minimum atomic E-state index is -2.03. The average molecular weight is 395 g/mol. The standard InChI is InChI=1S/C24H30O3Si/c1-24(2,3)28(4,5)27-23-21(19-22(25)26-23)18-14-9-7-6-8-11-15-20-16-12-10-13-17-20/h6-19,23H,1-5H3/b8-6+,9-7+,15-11+,18-14+. The summed E-state index contributed by atoms with van der Waals surface area (Å²) >= 11 is 0. The second-order valence-corrected chi connectivity index (χ2v) is 12.9. The van der Waals surface area contributed by atoms with Gasteiger partial charge < -0.3 is 9.16 Å². The van der Waals surface area contributed by atoms with Crippen LogP contribution in [-0.4, -0.2) is 20.6 Å². The molecule has 148 valence electrons. The minimum absolute atomic E-state index is 0.0504. The van der Waals surface area contributed by atoms with Gasteiger partial charge in [-0.25, -0.2) is 4.79 Å². The molecule has 0 saturated carbocycles. The molecule has 1 aliphatic heterocycles. The predicted octanol–water partition coefficient (Wildman–Crippen LogP) is 6.20. The quantitative estimate of drug-likeness (QED) is 0.314. The number of benzene rings is 1. The van der Waals surface area contributed by atoms with Crippen molar-refractivity contribution in [2.24, 2.45) is 0 Å². The molecule has 28 heavy (non-hydrogen) atoms. The number of allylic oxidation sites excluding steroid dienone is 6. The van der Waals surface area contributed by atoms with E-state index in [1.54, 1.807) is 0 Å². The van der Waals surface area contributed by atoms with Crippen LogP contribution in [0.5, 0.6) is 0 Å². The zero-order valence-electron chi connectivity index (χ0n) is 17.4. The summed E-state index contributed by atoms with van der Waals surface area (Å²) in [6, 6.07) is 10.2. The van der Waals surface area contributed by atoms with Crippen LogP contribution in [0.15, 0.2) is 84.5 Å². The number of carbonyl (C=O) groups is 1. The lowest BCUT2D eigenvalue weighted by molar-refractivity contribution is -0.149. The van der Waals surface area contributed by atoms with Gasteiger partial charge in [0.15, 0.2) is 8.32 Å². The van der Waals surface area contributed by atoms with Crippen LogP contribution >= 0.6 is 0 Å². The Hall–Kier alpha value is -2.43. The number of cyclic esters (lactones) is 1. The monoisotopic (exact) mass is 394 g/mol. The summed E-state index contributed by atoms with van der Waals surface area (Å²) in [4.78, 5) is 11.7. The molecule has 1 heterocycles. The smallest absolute Gasteiger partial charge is 0.333 e. The summed E-state index contributed by atoms with van der Waals surface area (Å²) in [5.41, 5.74) is 1.93. The second kappa shape index (κ2) is 9.67. The third kappa shape index (κ3) is 6.62. The number of hydrogen-bond donors (Lipinski definition) is 0. The van der Waals surface area contributed by atoms with Crippen molar-refractivity contribution in [2.75, 3.05) is 0 Å². The second-order valence-electron chi connectivity index (χ2n) is 8.19. The number of hydrogen-bond acceptors (Lipinski definition) is 3. The van der Waals surface area contributed by atoms with Crippen molar-refractivity contribution in [3.8, 4) is 0 Å². The van der Waals surface area contributed by atoms with E-state index in [9.17, 15) is 4.79 Å². The van der Waals surface area contributed by atoms with Gasteiger partial charge in [0.25, 0.3) is 0 Å². The van der Waals surface area contributed by atoms with Crippen LogP contribution in [0.2, 0.25) is 18.1 Å². The van der Waals surface area contributed by atoms with Gasteiger partial charge >= 0.3 is 5.97 Å². The van der Waals surface area contributed by atoms with Gasteiger partial charge in [0.1, 0.15) is 0 Å². The molecule has 2 rings (SSSR count). The highest BCUT2D eigenvalue weighted by atomic mass is 28.4. The molecular formula is C24H30O3Si. The van der Waals surface area contributed by atoms with E-state index in [2.05, 4.69) is 52.1 Å². The number of carbonyl (C=O) groups excluding carboxylic acids is 1. The molecule has 0 N–H and O–H groups in total. The van der Waals surface area contributed by atoms with Gasteiger partial charge in [-0.05, 0) is 23.7 Å². The fourth-order valence-electron chi connectivity index (χ4n) is 2.23. The van der Waals surface area contributed by atoms with Crippen LogP contribution in [0.4, 0.5) is 0 Å². The molecule has 1 atom stereocenters. The van der Waals surface area contributed by atoms with Gasteiger partial charge in [-0.2, -0.15) is 0 Å². The number of esters is 1. The molecule has 3 nitrogen and oxygen atoms in total. The highest BCUT2D eigenvalue weighted by Gasteiger charge is 2.41. The zero-order chi connectivity index (χ0) is 20.6. The first-order valence-electron chi connectivity index (χ1n) is 9.52. The Morgan fingerprint density at radius 1 is 0.929 bits per heavy atom. The lowest BCUT2D eigenvalue weighted by Crippen LogP contribution is -2.44. The molecule has 0 fully saturated rings. The van der Waals surface area contributed by atoms with Crippen molar-refractivity contribution in [2.45, 2.75) is 45.2 Å². The van der Waals surface area contributed by atoms with Crippen LogP contribution in [-0.2, 0) is 14.0 Å². The molecule has 0 amide bonds. The van der Waals surface area contributed by atoms with E-state index in [-0.39, 0.29) is 11.0 Å². The van der Waals surface area contributed by atoms with E-state index in [0.717, 1.165) is 5.57 Å². The Labute approximate surface area is 169 Å². The Bertz CT molecular complexity index is 806. The topological polar surface area (TPSA) is 35.5 Å². The lowest BCUT2D eigenvalue weighted by Gasteiger charge is -2.38. The number of rotatable bonds is 7. The summed E-state index contributed by atoms with van der Waals surface area (Å²) in [6.45, 7) is 10.8. The first-order chi connectivity index (χ1) is 13.2. The van der Waals surface area contributed by atoms with Gasteiger partial charge in [-0.15, -0.1) is 0 Å². The van der Waals surface area contributed by atoms with E-state index in [4.69, 9.17) is 9.16 Å². The summed E-state index contributed by atoms with van der Waals surface area (Å²) in [5, 5.41) is 0.0504. The van der Waals surface area contributed by atoms with Crippen LogP contribution in [0.1, 0.15) is 26.3 Å². The molecule has 4 heteroatoms. The van der Waals surface area contributed by atoms with Crippen molar-refractivity contribution in [1.29, 1.82) is 0 Å². The molecule has 0 radical (unpaired) electrons. The van der Waals surface area contributed by atoms with Gasteiger partial charge in [-0.3, -0.25) is 0 Å². The van der Waals surface area contributed by atoms with E-state index >= 15 is 0 Å². The Kier molecular flexibility index (Phi) is 7.55. The van der Waals surface area contributed by atoms with Crippen LogP contribution in [0.3, 0.4) is 0 Å². The Morgan fingerprint density at radius 3 is 2.11 bits per heavy atom. The first-order valence-corrected chi connectivity index (χ1v) is 12.4. The summed E-state index contributed by atoms with van der Waals surface area (Å²) < 4.78 is 11.6. The van der Waals surface area contributed by atoms with E-state index in [0.29, 0.717) is 0 Å². The summed E-state index contributed by atoms with van der Waals surface area (Å²) in [6.07, 6.45) is 16.5. The third-order valence-corrected chi connectivity index (χ3v) is 9.34. The van der Waals surface area contributed by atoms with E-state index in [1.165, 1.54) is 11.6 Å². The minimum Gasteiger partial charge on any atom is -0.429 e. The highest BCUT2D eigenvalue weighted by Crippen LogP contribution is 2.39. The average Bonchev–Trinajstić information content (AvgIpc) is 2.95. The molecule has 1 aromatic rings. The van der Waals surface area contributed by atoms with Gasteiger partial charge in [0.2, 0.25) is 6.29 Å². The maximum absolute atomic E-state index is 11.7. The van der Waals surface area contributed by atoms with Crippen LogP contribution in [0, 0.1) is 0 Å². The van der Waals surface area contributed by atoms with Crippen LogP contribution < -0.4 is 0 Å². The van der Waals surface area contributed by atoms with Crippen molar-refractivity contribution >= 4 is 20.4 Å². The fourth-order valence-corrected chi connectivity index (χ4v) is 3.30. The molecular weight excluding hydrogens is 364 g/mol. The SMILES string of the molecule is CC(C)(C)[Si](C)(C)OC1OC(=O)C=C1/C=C/C=C/C=C/C=C/c1ccccc1. The molecule has 0 aromatic heterocycles. The zero-order valence-corrected chi connectivity index (χ0v) is 18.4. The molecule has 0 saturated heterocycles. The summed E-state index contributed by atoms with van der Waals surface area (Å²) in [5.74, 6) is -0.349. The van der Waals surface area contributed by atoms with Crippen molar-refractivity contribution in [1.82, 2.24) is 0 Å². The van der Waals surface area contributed by atoms with Gasteiger partial charge in [-0.1, -0.05) is 99.7 Å². The molecule has 1 unspecified atom stereocenters. The molecule has 0 bridgehead atoms. The van der Waals surface area contributed by atoms with E-state index < -0.39 is 14.6 Å². The molecule has 1 aliphatic rings. The molecule has 0 aliphatic carbocycles. The summed E-state index contributed by atoms with van der Waals surface area (Å²) in [7, 11) is -2.03. The lowest BCUT2D eigenvalue weighted by atomic mass is 10.2. The van der Waals surface area contributed by atoms with Gasteiger partial charge in [0, 0.05) is 11.6 Å². The molecule has 0 spiro atoms. The fraction of sp³-hybridized carbons (Fsp3) is 0.292. The molecule has 1 aromatic carbocycles. The normalized spacial score (nSPS) is 18.7. The van der Waals surface area contributed by atoms with Crippen LogP contribution in [0.25, 0.3) is 6.08 Å². The largest absolute Gasteiger partial charge is 0.429 e. The Balaban J connectivity index is 1.90. The maximum Gasteiger partial charge on any atom is 0.333 e. The number of ether oxygens (including phenoxy) is 1. The van der Waals surface area contributed by atoms with E-state index in [1.807, 2.05) is 60.7 Å². The highest BCUT2D eigenvalue weighted by molar-refractivity contribution is 6.74. The Morgan fingerprint density at radius 2 is 1.50 bits per heavy atom. The van der Waals surface area contributed by atoms with Crippen molar-refractivity contribution < 1.29 is 14.0 Å². The van der Waals surface area contributed by atoms with Gasteiger partial charge in [0.05, 0.1) is 0 Å².